The van der Waals surface area contributed by atoms with Crippen LogP contribution in [0.2, 0.25) is 0 Å². The summed E-state index contributed by atoms with van der Waals surface area (Å²) in [5.41, 5.74) is -1.12. The van der Waals surface area contributed by atoms with Crippen LogP contribution in [0.4, 0.5) is 17.6 Å². The molecule has 0 radical (unpaired) electrons. The highest BCUT2D eigenvalue weighted by Crippen LogP contribution is 2.34. The van der Waals surface area contributed by atoms with Crippen LogP contribution < -0.4 is 5.56 Å². The van der Waals surface area contributed by atoms with Crippen LogP contribution in [0.5, 0.6) is 0 Å². The van der Waals surface area contributed by atoms with Gasteiger partial charge in [0.1, 0.15) is 5.82 Å². The van der Waals surface area contributed by atoms with E-state index in [1.54, 1.807) is 0 Å². The van der Waals surface area contributed by atoms with Gasteiger partial charge in [-0.15, -0.1) is 0 Å². The maximum Gasteiger partial charge on any atom is 0.418 e. The summed E-state index contributed by atoms with van der Waals surface area (Å²) in [6, 6.07) is 5.80. The molecule has 0 aliphatic carbocycles. The standard InChI is InChI=1S/C18H14F4N2O/c1-10(2)13-9-24(15-6-4-3-5-14(15)18(20,21)22)17(25)12-7-11(19)8-23-16(12)13/h3-10H,1-2H3. The fourth-order valence-electron chi connectivity index (χ4n) is 2.75. The van der Waals surface area contributed by atoms with E-state index in [4.69, 9.17) is 0 Å². The normalized spacial score (nSPS) is 12.1. The summed E-state index contributed by atoms with van der Waals surface area (Å²) in [4.78, 5) is 16.7. The first-order valence-electron chi connectivity index (χ1n) is 7.57. The van der Waals surface area contributed by atoms with E-state index < -0.39 is 23.1 Å². The molecule has 25 heavy (non-hydrogen) atoms. The van der Waals surface area contributed by atoms with Crippen LogP contribution in [0.3, 0.4) is 0 Å². The van der Waals surface area contributed by atoms with Crippen molar-refractivity contribution in [2.75, 3.05) is 0 Å². The van der Waals surface area contributed by atoms with Gasteiger partial charge in [-0.2, -0.15) is 13.2 Å². The molecule has 0 fully saturated rings. The number of hydrogen-bond donors (Lipinski definition) is 0. The van der Waals surface area contributed by atoms with Gasteiger partial charge in [0.05, 0.1) is 28.4 Å². The molecule has 0 N–H and O–H groups in total. The van der Waals surface area contributed by atoms with Crippen molar-refractivity contribution in [1.29, 1.82) is 0 Å². The SMILES string of the molecule is CC(C)c1cn(-c2ccccc2C(F)(F)F)c(=O)c2cc(F)cnc12. The van der Waals surface area contributed by atoms with Crippen molar-refractivity contribution in [3.63, 3.8) is 0 Å². The predicted octanol–water partition coefficient (Wildman–Crippen LogP) is 4.67. The molecule has 7 heteroatoms. The molecule has 0 amide bonds. The lowest BCUT2D eigenvalue weighted by Gasteiger charge is -2.17. The van der Waals surface area contributed by atoms with Crippen molar-refractivity contribution >= 4 is 10.9 Å². The zero-order valence-corrected chi connectivity index (χ0v) is 13.4. The van der Waals surface area contributed by atoms with Crippen LogP contribution >= 0.6 is 0 Å². The number of nitrogens with zero attached hydrogens (tertiary/aromatic N) is 2. The molecule has 0 atom stereocenters. The van der Waals surface area contributed by atoms with Crippen molar-refractivity contribution < 1.29 is 17.6 Å². The van der Waals surface area contributed by atoms with Gasteiger partial charge >= 0.3 is 6.18 Å². The Bertz CT molecular complexity index is 1010. The number of hydrogen-bond acceptors (Lipinski definition) is 2. The van der Waals surface area contributed by atoms with Gasteiger partial charge in [0.25, 0.3) is 5.56 Å². The lowest BCUT2D eigenvalue weighted by atomic mass is 10.0. The second-order valence-corrected chi connectivity index (χ2v) is 5.98. The number of para-hydroxylation sites is 1. The van der Waals surface area contributed by atoms with Gasteiger partial charge in [-0.3, -0.25) is 14.3 Å². The Kier molecular flexibility index (Phi) is 4.10. The third-order valence-corrected chi connectivity index (χ3v) is 3.94. The third-order valence-electron chi connectivity index (χ3n) is 3.94. The molecule has 0 aliphatic rings. The molecule has 2 heterocycles. The Labute approximate surface area is 140 Å². The van der Waals surface area contributed by atoms with Crippen molar-refractivity contribution in [1.82, 2.24) is 9.55 Å². The van der Waals surface area contributed by atoms with Crippen molar-refractivity contribution in [2.24, 2.45) is 0 Å². The molecule has 0 saturated heterocycles. The van der Waals surface area contributed by atoms with Gasteiger partial charge in [0.15, 0.2) is 0 Å². The zero-order chi connectivity index (χ0) is 18.4. The molecule has 3 nitrogen and oxygen atoms in total. The Balaban J connectivity index is 2.43. The van der Waals surface area contributed by atoms with E-state index in [9.17, 15) is 22.4 Å². The van der Waals surface area contributed by atoms with E-state index in [1.165, 1.54) is 24.4 Å². The fraction of sp³-hybridized carbons (Fsp3) is 0.222. The number of benzene rings is 1. The topological polar surface area (TPSA) is 34.9 Å². The minimum absolute atomic E-state index is 0.0526. The van der Waals surface area contributed by atoms with E-state index in [2.05, 4.69) is 4.98 Å². The fourth-order valence-corrected chi connectivity index (χ4v) is 2.75. The van der Waals surface area contributed by atoms with E-state index in [-0.39, 0.29) is 17.0 Å². The molecule has 3 rings (SSSR count). The molecule has 0 aliphatic heterocycles. The summed E-state index contributed by atoms with van der Waals surface area (Å²) in [6.07, 6.45) is -2.28. The average Bonchev–Trinajstić information content (AvgIpc) is 2.54. The minimum Gasteiger partial charge on any atom is -0.283 e. The van der Waals surface area contributed by atoms with Crippen LogP contribution in [0, 0.1) is 5.82 Å². The van der Waals surface area contributed by atoms with Crippen molar-refractivity contribution in [3.8, 4) is 5.69 Å². The first-order chi connectivity index (χ1) is 11.7. The van der Waals surface area contributed by atoms with Crippen LogP contribution in [-0.2, 0) is 6.18 Å². The molecule has 0 bridgehead atoms. The molecule has 0 spiro atoms. The van der Waals surface area contributed by atoms with Crippen molar-refractivity contribution in [2.45, 2.75) is 25.9 Å². The largest absolute Gasteiger partial charge is 0.418 e. The Morgan fingerprint density at radius 2 is 1.84 bits per heavy atom. The number of halogens is 4. The van der Waals surface area contributed by atoms with Gasteiger partial charge < -0.3 is 0 Å². The summed E-state index contributed by atoms with van der Waals surface area (Å²) in [5.74, 6) is -0.841. The first kappa shape index (κ1) is 17.1. The molecular formula is C18H14F4N2O. The third kappa shape index (κ3) is 3.01. The highest BCUT2D eigenvalue weighted by atomic mass is 19.4. The molecular weight excluding hydrogens is 336 g/mol. The first-order valence-corrected chi connectivity index (χ1v) is 7.57. The lowest BCUT2D eigenvalue weighted by molar-refractivity contribution is -0.137. The van der Waals surface area contributed by atoms with Gasteiger partial charge in [0, 0.05) is 6.20 Å². The highest BCUT2D eigenvalue weighted by Gasteiger charge is 2.34. The van der Waals surface area contributed by atoms with Crippen LogP contribution in [0.15, 0.2) is 47.5 Å². The van der Waals surface area contributed by atoms with Gasteiger partial charge in [-0.25, -0.2) is 4.39 Å². The van der Waals surface area contributed by atoms with Gasteiger partial charge in [-0.1, -0.05) is 26.0 Å². The molecule has 130 valence electrons. The molecule has 1 aromatic carbocycles. The second kappa shape index (κ2) is 5.98. The average molecular weight is 350 g/mol. The zero-order valence-electron chi connectivity index (χ0n) is 13.4. The monoisotopic (exact) mass is 350 g/mol. The summed E-state index contributed by atoms with van der Waals surface area (Å²) in [7, 11) is 0. The summed E-state index contributed by atoms with van der Waals surface area (Å²) in [6.45, 7) is 3.65. The summed E-state index contributed by atoms with van der Waals surface area (Å²) < 4.78 is 54.4. The van der Waals surface area contributed by atoms with Gasteiger partial charge in [0.2, 0.25) is 0 Å². The molecule has 0 saturated carbocycles. The van der Waals surface area contributed by atoms with E-state index >= 15 is 0 Å². The van der Waals surface area contributed by atoms with E-state index in [0.717, 1.165) is 22.9 Å². The van der Waals surface area contributed by atoms with E-state index in [0.29, 0.717) is 11.1 Å². The second-order valence-electron chi connectivity index (χ2n) is 5.98. The Hall–Kier alpha value is -2.70. The molecule has 2 aromatic heterocycles. The number of rotatable bonds is 2. The predicted molar refractivity (Wildman–Crippen MR) is 86.4 cm³/mol. The maximum absolute atomic E-state index is 13.6. The highest BCUT2D eigenvalue weighted by molar-refractivity contribution is 5.81. The number of alkyl halides is 3. The van der Waals surface area contributed by atoms with Crippen LogP contribution in [0.1, 0.15) is 30.9 Å². The maximum atomic E-state index is 13.6. The Morgan fingerprint density at radius 3 is 2.48 bits per heavy atom. The Morgan fingerprint density at radius 1 is 1.16 bits per heavy atom. The van der Waals surface area contributed by atoms with Crippen LogP contribution in [0.25, 0.3) is 16.6 Å². The summed E-state index contributed by atoms with van der Waals surface area (Å²) >= 11 is 0. The van der Waals surface area contributed by atoms with Crippen molar-refractivity contribution in [3.05, 3.63) is 70.0 Å². The molecule has 0 unspecified atom stereocenters. The molecule has 3 aromatic rings. The quantitative estimate of drug-likeness (QED) is 0.630. The number of aromatic nitrogens is 2. The smallest absolute Gasteiger partial charge is 0.283 e. The van der Waals surface area contributed by atoms with Crippen LogP contribution in [-0.4, -0.2) is 9.55 Å². The van der Waals surface area contributed by atoms with Gasteiger partial charge in [-0.05, 0) is 29.7 Å². The number of fused-ring (bicyclic) bond motifs is 1. The lowest BCUT2D eigenvalue weighted by Crippen LogP contribution is -2.23. The van der Waals surface area contributed by atoms with E-state index in [1.807, 2.05) is 13.8 Å². The number of pyridine rings is 2. The summed E-state index contributed by atoms with van der Waals surface area (Å²) in [5, 5.41) is -0.0526. The minimum atomic E-state index is -4.62.